The Morgan fingerprint density at radius 3 is 2.77 bits per heavy atom. The highest BCUT2D eigenvalue weighted by molar-refractivity contribution is 5.87. The molecule has 0 aromatic rings. The van der Waals surface area contributed by atoms with Crippen molar-refractivity contribution in [2.24, 2.45) is 28.6 Å². The molecule has 0 bridgehead atoms. The maximum Gasteiger partial charge on any atom is 0.139 e. The van der Waals surface area contributed by atoms with Crippen LogP contribution in [-0.4, -0.2) is 17.0 Å². The van der Waals surface area contributed by atoms with Gasteiger partial charge in [-0.2, -0.15) is 0 Å². The van der Waals surface area contributed by atoms with E-state index in [1.807, 2.05) is 0 Å². The third-order valence-electron chi connectivity index (χ3n) is 7.61. The Bertz CT molecular complexity index is 587. The van der Waals surface area contributed by atoms with Gasteiger partial charge >= 0.3 is 0 Å². The van der Waals surface area contributed by atoms with Gasteiger partial charge in [0.25, 0.3) is 0 Å². The van der Waals surface area contributed by atoms with Crippen LogP contribution in [-0.2, 0) is 4.79 Å². The van der Waals surface area contributed by atoms with Gasteiger partial charge in [-0.3, -0.25) is 4.79 Å². The molecule has 0 aromatic heterocycles. The van der Waals surface area contributed by atoms with E-state index in [1.165, 1.54) is 11.1 Å². The molecule has 0 radical (unpaired) electrons. The molecule has 2 saturated carbocycles. The van der Waals surface area contributed by atoms with Gasteiger partial charge in [-0.25, -0.2) is 0 Å². The van der Waals surface area contributed by atoms with Crippen molar-refractivity contribution in [3.8, 4) is 0 Å². The molecule has 6 atom stereocenters. The van der Waals surface area contributed by atoms with Gasteiger partial charge in [0, 0.05) is 11.8 Å². The fourth-order valence-electron chi connectivity index (χ4n) is 6.37. The summed E-state index contributed by atoms with van der Waals surface area (Å²) in [7, 11) is 0. The lowest BCUT2D eigenvalue weighted by Crippen LogP contribution is -2.55. The van der Waals surface area contributed by atoms with E-state index in [2.05, 4.69) is 32.9 Å². The number of ketones is 1. The monoisotopic (exact) mass is 300 g/mol. The van der Waals surface area contributed by atoms with Crippen LogP contribution in [0.3, 0.4) is 0 Å². The highest BCUT2D eigenvalue weighted by Crippen LogP contribution is 2.63. The highest BCUT2D eigenvalue weighted by atomic mass is 16.3. The molecular weight excluding hydrogens is 272 g/mol. The van der Waals surface area contributed by atoms with E-state index in [0.717, 1.165) is 32.1 Å². The predicted octanol–water partition coefficient (Wildman–Crippen LogP) is 4.05. The zero-order valence-corrected chi connectivity index (χ0v) is 14.1. The van der Waals surface area contributed by atoms with Crippen LogP contribution in [0.4, 0.5) is 0 Å². The zero-order chi connectivity index (χ0) is 15.7. The van der Waals surface area contributed by atoms with Crippen LogP contribution >= 0.6 is 0 Å². The molecular formula is C20H28O2. The average Bonchev–Trinajstić information content (AvgIpc) is 2.75. The number of carbonyl (C=O) groups excluding carboxylic acids is 1. The lowest BCUT2D eigenvalue weighted by Gasteiger charge is -2.57. The zero-order valence-electron chi connectivity index (χ0n) is 14.1. The van der Waals surface area contributed by atoms with E-state index in [1.54, 1.807) is 0 Å². The molecule has 2 heteroatoms. The van der Waals surface area contributed by atoms with Crippen molar-refractivity contribution in [2.45, 2.75) is 65.4 Å². The van der Waals surface area contributed by atoms with Crippen molar-refractivity contribution in [1.82, 2.24) is 0 Å². The topological polar surface area (TPSA) is 37.3 Å². The summed E-state index contributed by atoms with van der Waals surface area (Å²) in [5, 5.41) is 11.0. The first-order valence-corrected chi connectivity index (χ1v) is 8.95. The van der Waals surface area contributed by atoms with Crippen LogP contribution in [0.1, 0.15) is 59.3 Å². The van der Waals surface area contributed by atoms with Crippen LogP contribution in [0.25, 0.3) is 0 Å². The first-order valence-electron chi connectivity index (χ1n) is 8.95. The first-order chi connectivity index (χ1) is 10.4. The van der Waals surface area contributed by atoms with Gasteiger partial charge in [-0.05, 0) is 67.8 Å². The van der Waals surface area contributed by atoms with Gasteiger partial charge in [-0.15, -0.1) is 0 Å². The van der Waals surface area contributed by atoms with E-state index in [0.29, 0.717) is 30.0 Å². The maximum atomic E-state index is 12.4. The molecule has 0 aromatic carbocycles. The van der Waals surface area contributed by atoms with Crippen LogP contribution in [0.5, 0.6) is 0 Å². The average molecular weight is 300 g/mol. The number of hydrogen-bond donors (Lipinski definition) is 1. The highest BCUT2D eigenvalue weighted by Gasteiger charge is 2.61. The minimum absolute atomic E-state index is 0.106. The molecule has 120 valence electrons. The standard InChI is InChI=1S/C20H28O2/c1-12-8-9-19(2)13(10-12)4-5-14-15-6-7-17(22)20(15,3)11-16(21)18(14)19/h4,10,14-16,18,21H,5-9,11H2,1-3H3/t14?,15?,16-,18?,19?,20?/m1/s1. The maximum absolute atomic E-state index is 12.4. The second-order valence-electron chi connectivity index (χ2n) is 8.75. The Balaban J connectivity index is 1.78. The number of Topliss-reactive ketones (excluding diaryl/α,β-unsaturated/α-hetero) is 1. The van der Waals surface area contributed by atoms with Gasteiger partial charge in [0.2, 0.25) is 0 Å². The molecule has 22 heavy (non-hydrogen) atoms. The molecule has 4 aliphatic carbocycles. The largest absolute Gasteiger partial charge is 0.393 e. The summed E-state index contributed by atoms with van der Waals surface area (Å²) in [5.41, 5.74) is 2.76. The summed E-state index contributed by atoms with van der Waals surface area (Å²) in [4.78, 5) is 12.4. The molecule has 1 N–H and O–H groups in total. The van der Waals surface area contributed by atoms with Crippen LogP contribution in [0, 0.1) is 28.6 Å². The Morgan fingerprint density at radius 2 is 2.00 bits per heavy atom. The van der Waals surface area contributed by atoms with Crippen molar-refractivity contribution < 1.29 is 9.90 Å². The van der Waals surface area contributed by atoms with Gasteiger partial charge in [0.15, 0.2) is 0 Å². The summed E-state index contributed by atoms with van der Waals surface area (Å²) < 4.78 is 0. The molecule has 0 heterocycles. The van der Waals surface area contributed by atoms with Crippen molar-refractivity contribution in [3.63, 3.8) is 0 Å². The number of fused-ring (bicyclic) bond motifs is 5. The molecule has 0 aliphatic heterocycles. The van der Waals surface area contributed by atoms with E-state index in [4.69, 9.17) is 0 Å². The fraction of sp³-hybridized carbons (Fsp3) is 0.750. The quantitative estimate of drug-likeness (QED) is 0.733. The lowest BCUT2D eigenvalue weighted by atomic mass is 9.47. The normalized spacial score (nSPS) is 50.6. The Morgan fingerprint density at radius 1 is 1.23 bits per heavy atom. The Kier molecular flexibility index (Phi) is 3.05. The van der Waals surface area contributed by atoms with Crippen LogP contribution in [0.15, 0.2) is 23.3 Å². The van der Waals surface area contributed by atoms with Gasteiger partial charge in [0.05, 0.1) is 6.10 Å². The van der Waals surface area contributed by atoms with E-state index < -0.39 is 0 Å². The molecule has 4 aliphatic rings. The van der Waals surface area contributed by atoms with Crippen molar-refractivity contribution in [1.29, 1.82) is 0 Å². The minimum atomic E-state index is -0.325. The number of allylic oxidation sites excluding steroid dienone is 4. The molecule has 0 saturated heterocycles. The predicted molar refractivity (Wildman–Crippen MR) is 87.2 cm³/mol. The number of rotatable bonds is 0. The van der Waals surface area contributed by atoms with Crippen molar-refractivity contribution >= 4 is 5.78 Å². The van der Waals surface area contributed by atoms with E-state index >= 15 is 0 Å². The summed E-state index contributed by atoms with van der Waals surface area (Å²) >= 11 is 0. The Labute approximate surface area is 133 Å². The fourth-order valence-corrected chi connectivity index (χ4v) is 6.37. The number of carbonyl (C=O) groups is 1. The van der Waals surface area contributed by atoms with E-state index in [-0.39, 0.29) is 16.9 Å². The summed E-state index contributed by atoms with van der Waals surface area (Å²) in [6, 6.07) is 0. The van der Waals surface area contributed by atoms with Gasteiger partial charge < -0.3 is 5.11 Å². The summed E-state index contributed by atoms with van der Waals surface area (Å²) in [6.07, 6.45) is 10.2. The molecule has 0 amide bonds. The van der Waals surface area contributed by atoms with Gasteiger partial charge in [-0.1, -0.05) is 31.6 Å². The van der Waals surface area contributed by atoms with Crippen LogP contribution < -0.4 is 0 Å². The molecule has 4 rings (SSSR count). The molecule has 0 spiro atoms. The summed E-state index contributed by atoms with van der Waals surface area (Å²) in [5.74, 6) is 1.70. The molecule has 2 fully saturated rings. The smallest absolute Gasteiger partial charge is 0.139 e. The molecule has 5 unspecified atom stereocenters. The van der Waals surface area contributed by atoms with E-state index in [9.17, 15) is 9.90 Å². The third-order valence-corrected chi connectivity index (χ3v) is 7.61. The second-order valence-corrected chi connectivity index (χ2v) is 8.75. The summed E-state index contributed by atoms with van der Waals surface area (Å²) in [6.45, 7) is 6.71. The third kappa shape index (κ3) is 1.73. The van der Waals surface area contributed by atoms with Gasteiger partial charge in [0.1, 0.15) is 5.78 Å². The Hall–Kier alpha value is -0.890. The number of aliphatic hydroxyl groups excluding tert-OH is 1. The molecule has 2 nitrogen and oxygen atoms in total. The minimum Gasteiger partial charge on any atom is -0.393 e. The number of hydrogen-bond acceptors (Lipinski definition) is 2. The first kappa shape index (κ1) is 14.7. The second kappa shape index (κ2) is 4.56. The lowest BCUT2D eigenvalue weighted by molar-refractivity contribution is -0.143. The number of aliphatic hydroxyl groups is 1. The van der Waals surface area contributed by atoms with Crippen LogP contribution in [0.2, 0.25) is 0 Å². The van der Waals surface area contributed by atoms with Crippen molar-refractivity contribution in [2.75, 3.05) is 0 Å². The SMILES string of the molecule is CC1=CC2=CCC3C4CCC(=O)C4(C)C[C@@H](O)C3C2(C)CC1. The van der Waals surface area contributed by atoms with Crippen molar-refractivity contribution in [3.05, 3.63) is 23.3 Å².